The zero-order valence-electron chi connectivity index (χ0n) is 15.1. The second kappa shape index (κ2) is 8.17. The van der Waals surface area contributed by atoms with Gasteiger partial charge in [0.15, 0.2) is 0 Å². The van der Waals surface area contributed by atoms with Crippen molar-refractivity contribution in [2.24, 2.45) is 0 Å². The molecule has 1 aliphatic carbocycles. The van der Waals surface area contributed by atoms with Gasteiger partial charge in [-0.05, 0) is 30.9 Å². The van der Waals surface area contributed by atoms with Gasteiger partial charge in [0.05, 0.1) is 12.5 Å². The smallest absolute Gasteiger partial charge is 0.331 e. The lowest BCUT2D eigenvalue weighted by molar-refractivity contribution is -0.153. The molecule has 26 heavy (non-hydrogen) atoms. The van der Waals surface area contributed by atoms with Crippen molar-refractivity contribution in [1.29, 1.82) is 0 Å². The summed E-state index contributed by atoms with van der Waals surface area (Å²) in [6.07, 6.45) is 3.10. The van der Waals surface area contributed by atoms with Crippen LogP contribution in [0.4, 0.5) is 0 Å². The maximum Gasteiger partial charge on any atom is 0.331 e. The van der Waals surface area contributed by atoms with Gasteiger partial charge in [0.25, 0.3) is 0 Å². The van der Waals surface area contributed by atoms with Gasteiger partial charge in [-0.3, -0.25) is 4.79 Å². The van der Waals surface area contributed by atoms with E-state index < -0.39 is 11.5 Å². The number of carbonyl (C=O) groups is 2. The molecule has 0 unspecified atom stereocenters. The number of hydrogen-bond acceptors (Lipinski definition) is 3. The molecule has 4 heteroatoms. The summed E-state index contributed by atoms with van der Waals surface area (Å²) in [5, 5.41) is 3.06. The summed E-state index contributed by atoms with van der Waals surface area (Å²) in [5.74, 6) is -0.924. The van der Waals surface area contributed by atoms with Gasteiger partial charge in [0, 0.05) is 0 Å². The molecule has 2 aromatic carbocycles. The topological polar surface area (TPSA) is 55.4 Å². The molecule has 4 nitrogen and oxygen atoms in total. The molecule has 1 aliphatic rings. The Hall–Kier alpha value is -2.62. The molecule has 1 fully saturated rings. The Labute approximate surface area is 154 Å². The summed E-state index contributed by atoms with van der Waals surface area (Å²) in [6.45, 7) is 2.11. The zero-order valence-corrected chi connectivity index (χ0v) is 15.1. The first-order valence-electron chi connectivity index (χ1n) is 9.25. The monoisotopic (exact) mass is 351 g/mol. The fraction of sp³-hybridized carbons (Fsp3) is 0.364. The van der Waals surface area contributed by atoms with Crippen molar-refractivity contribution in [1.82, 2.24) is 5.32 Å². The zero-order chi connectivity index (χ0) is 18.4. The molecule has 0 bridgehead atoms. The Balaban J connectivity index is 1.91. The molecule has 0 saturated heterocycles. The number of esters is 1. The molecule has 136 valence electrons. The summed E-state index contributed by atoms with van der Waals surface area (Å²) in [6, 6.07) is 19.4. The first-order chi connectivity index (χ1) is 12.7. The molecule has 3 rings (SSSR count). The number of carbonyl (C=O) groups excluding carboxylic acids is 2. The fourth-order valence-corrected chi connectivity index (χ4v) is 3.72. The van der Waals surface area contributed by atoms with Gasteiger partial charge in [0.2, 0.25) is 5.91 Å². The van der Waals surface area contributed by atoms with Gasteiger partial charge >= 0.3 is 5.97 Å². The van der Waals surface area contributed by atoms with Crippen LogP contribution in [-0.2, 0) is 14.3 Å². The van der Waals surface area contributed by atoms with E-state index in [0.29, 0.717) is 19.4 Å². The van der Waals surface area contributed by atoms with E-state index in [4.69, 9.17) is 4.74 Å². The molecule has 2 aromatic rings. The van der Waals surface area contributed by atoms with E-state index in [2.05, 4.69) is 5.32 Å². The normalized spacial score (nSPS) is 15.6. The molecule has 0 heterocycles. The van der Waals surface area contributed by atoms with Crippen molar-refractivity contribution >= 4 is 11.9 Å². The minimum absolute atomic E-state index is 0.155. The molecule has 0 aliphatic heterocycles. The molecule has 0 aromatic heterocycles. The average molecular weight is 351 g/mol. The number of ether oxygens (including phenoxy) is 1. The maximum absolute atomic E-state index is 13.3. The van der Waals surface area contributed by atoms with Crippen LogP contribution in [0.3, 0.4) is 0 Å². The first-order valence-corrected chi connectivity index (χ1v) is 9.25. The minimum Gasteiger partial charge on any atom is -0.464 e. The highest BCUT2D eigenvalue weighted by Crippen LogP contribution is 2.33. The van der Waals surface area contributed by atoms with Crippen molar-refractivity contribution in [2.45, 2.75) is 44.1 Å². The number of amides is 1. The van der Waals surface area contributed by atoms with Crippen LogP contribution < -0.4 is 5.32 Å². The van der Waals surface area contributed by atoms with E-state index in [1.807, 2.05) is 60.7 Å². The van der Waals surface area contributed by atoms with E-state index in [1.54, 1.807) is 6.92 Å². The van der Waals surface area contributed by atoms with Crippen molar-refractivity contribution in [3.05, 3.63) is 71.8 Å². The van der Waals surface area contributed by atoms with Crippen LogP contribution in [0.1, 0.15) is 49.7 Å². The molecule has 0 atom stereocenters. The number of rotatable bonds is 6. The predicted molar refractivity (Wildman–Crippen MR) is 101 cm³/mol. The fourth-order valence-electron chi connectivity index (χ4n) is 3.72. The summed E-state index contributed by atoms with van der Waals surface area (Å²) >= 11 is 0. The molecule has 0 spiro atoms. The van der Waals surface area contributed by atoms with Crippen LogP contribution >= 0.6 is 0 Å². The molecule has 1 amide bonds. The van der Waals surface area contributed by atoms with E-state index in [1.165, 1.54) is 0 Å². The Bertz CT molecular complexity index is 697. The van der Waals surface area contributed by atoms with Gasteiger partial charge in [-0.1, -0.05) is 73.5 Å². The van der Waals surface area contributed by atoms with Crippen LogP contribution in [0.15, 0.2) is 60.7 Å². The second-order valence-corrected chi connectivity index (χ2v) is 6.75. The lowest BCUT2D eigenvalue weighted by atomic mass is 9.88. The standard InChI is InChI=1S/C22H25NO3/c1-2-26-21(25)22(15-9-10-16-22)23-20(24)19(17-11-5-3-6-12-17)18-13-7-4-8-14-18/h3-8,11-14,19H,2,9-10,15-16H2,1H3,(H,23,24). The Morgan fingerprint density at radius 1 is 0.962 bits per heavy atom. The van der Waals surface area contributed by atoms with Crippen molar-refractivity contribution in [2.75, 3.05) is 6.61 Å². The molecule has 0 radical (unpaired) electrons. The second-order valence-electron chi connectivity index (χ2n) is 6.75. The molecule has 1 N–H and O–H groups in total. The van der Waals surface area contributed by atoms with Crippen LogP contribution in [0, 0.1) is 0 Å². The summed E-state index contributed by atoms with van der Waals surface area (Å²) in [5.41, 5.74) is 0.927. The molecular formula is C22H25NO3. The summed E-state index contributed by atoms with van der Waals surface area (Å²) in [4.78, 5) is 25.9. The van der Waals surface area contributed by atoms with Gasteiger partial charge < -0.3 is 10.1 Å². The third kappa shape index (κ3) is 3.79. The largest absolute Gasteiger partial charge is 0.464 e. The van der Waals surface area contributed by atoms with Crippen LogP contribution in [0.5, 0.6) is 0 Å². The van der Waals surface area contributed by atoms with Gasteiger partial charge in [-0.25, -0.2) is 4.79 Å². The Morgan fingerprint density at radius 3 is 1.92 bits per heavy atom. The molecular weight excluding hydrogens is 326 g/mol. The van der Waals surface area contributed by atoms with Gasteiger partial charge in [-0.2, -0.15) is 0 Å². The highest BCUT2D eigenvalue weighted by Gasteiger charge is 2.45. The van der Waals surface area contributed by atoms with E-state index in [0.717, 1.165) is 24.0 Å². The van der Waals surface area contributed by atoms with Crippen LogP contribution in [-0.4, -0.2) is 24.0 Å². The van der Waals surface area contributed by atoms with Crippen molar-refractivity contribution in [3.8, 4) is 0 Å². The van der Waals surface area contributed by atoms with Crippen molar-refractivity contribution in [3.63, 3.8) is 0 Å². The van der Waals surface area contributed by atoms with Gasteiger partial charge in [-0.15, -0.1) is 0 Å². The minimum atomic E-state index is -0.894. The van der Waals surface area contributed by atoms with E-state index in [9.17, 15) is 9.59 Å². The summed E-state index contributed by atoms with van der Waals surface area (Å²) in [7, 11) is 0. The van der Waals surface area contributed by atoms with E-state index in [-0.39, 0.29) is 11.9 Å². The highest BCUT2D eigenvalue weighted by atomic mass is 16.5. The lowest BCUT2D eigenvalue weighted by Crippen LogP contribution is -2.54. The van der Waals surface area contributed by atoms with Crippen LogP contribution in [0.25, 0.3) is 0 Å². The Morgan fingerprint density at radius 2 is 1.46 bits per heavy atom. The highest BCUT2D eigenvalue weighted by molar-refractivity contribution is 5.93. The van der Waals surface area contributed by atoms with Crippen molar-refractivity contribution < 1.29 is 14.3 Å². The number of benzene rings is 2. The van der Waals surface area contributed by atoms with E-state index >= 15 is 0 Å². The number of hydrogen-bond donors (Lipinski definition) is 1. The summed E-state index contributed by atoms with van der Waals surface area (Å²) < 4.78 is 5.27. The quantitative estimate of drug-likeness (QED) is 0.805. The van der Waals surface area contributed by atoms with Crippen LogP contribution in [0.2, 0.25) is 0 Å². The number of nitrogens with one attached hydrogen (secondary N) is 1. The first kappa shape index (κ1) is 18.2. The third-order valence-electron chi connectivity index (χ3n) is 5.01. The maximum atomic E-state index is 13.3. The SMILES string of the molecule is CCOC(=O)C1(NC(=O)C(c2ccccc2)c2ccccc2)CCCC1. The Kier molecular flexibility index (Phi) is 5.71. The van der Waals surface area contributed by atoms with Gasteiger partial charge in [0.1, 0.15) is 5.54 Å². The average Bonchev–Trinajstić information content (AvgIpc) is 3.14. The third-order valence-corrected chi connectivity index (χ3v) is 5.01. The lowest BCUT2D eigenvalue weighted by Gasteiger charge is -2.30. The predicted octanol–water partition coefficient (Wildman–Crippen LogP) is 3.81. The molecule has 1 saturated carbocycles.